The van der Waals surface area contributed by atoms with E-state index in [0.717, 1.165) is 11.3 Å². The number of carbonyl (C=O) groups excluding carboxylic acids is 1. The summed E-state index contributed by atoms with van der Waals surface area (Å²) in [5.41, 5.74) is 0. The Morgan fingerprint density at radius 3 is 3.00 bits per heavy atom. The van der Waals surface area contributed by atoms with Gasteiger partial charge in [-0.3, -0.25) is 0 Å². The van der Waals surface area contributed by atoms with Gasteiger partial charge in [-0.25, -0.2) is 4.79 Å². The van der Waals surface area contributed by atoms with Gasteiger partial charge in [0.2, 0.25) is 5.01 Å². The molecule has 0 aliphatic heterocycles. The van der Waals surface area contributed by atoms with E-state index in [4.69, 9.17) is 9.47 Å². The molecule has 0 radical (unpaired) electrons. The topological polar surface area (TPSA) is 61.3 Å². The fourth-order valence-corrected chi connectivity index (χ4v) is 1.36. The summed E-state index contributed by atoms with van der Waals surface area (Å²) in [5, 5.41) is 7.95. The van der Waals surface area contributed by atoms with Gasteiger partial charge in [0, 0.05) is 0 Å². The summed E-state index contributed by atoms with van der Waals surface area (Å²) < 4.78 is 9.97. The lowest BCUT2D eigenvalue weighted by Gasteiger charge is -1.95. The molecule has 0 spiro atoms. The molecule has 1 aromatic heterocycles. The maximum Gasteiger partial charge on any atom is 0.369 e. The highest BCUT2D eigenvalue weighted by Crippen LogP contribution is 2.18. The lowest BCUT2D eigenvalue weighted by atomic mass is 10.6. The van der Waals surface area contributed by atoms with Gasteiger partial charge in [0.25, 0.3) is 5.19 Å². The molecule has 0 atom stereocenters. The van der Waals surface area contributed by atoms with Gasteiger partial charge >= 0.3 is 5.97 Å². The van der Waals surface area contributed by atoms with Crippen molar-refractivity contribution in [1.29, 1.82) is 0 Å². The fraction of sp³-hybridized carbons (Fsp3) is 0.444. The van der Waals surface area contributed by atoms with E-state index in [1.165, 1.54) is 0 Å². The molecule has 0 aromatic carbocycles. The van der Waals surface area contributed by atoms with Gasteiger partial charge in [0.05, 0.1) is 6.61 Å². The van der Waals surface area contributed by atoms with Crippen molar-refractivity contribution in [3.8, 4) is 5.19 Å². The molecule has 0 bridgehead atoms. The molecule has 6 heteroatoms. The van der Waals surface area contributed by atoms with E-state index in [1.807, 2.05) is 19.1 Å². The van der Waals surface area contributed by atoms with Crippen LogP contribution in [-0.2, 0) is 4.74 Å². The van der Waals surface area contributed by atoms with Crippen LogP contribution < -0.4 is 4.74 Å². The van der Waals surface area contributed by atoms with Gasteiger partial charge < -0.3 is 9.47 Å². The summed E-state index contributed by atoms with van der Waals surface area (Å²) in [5.74, 6) is -0.462. The summed E-state index contributed by atoms with van der Waals surface area (Å²) in [6.45, 7) is 4.39. The smallest absolute Gasteiger partial charge is 0.369 e. The highest BCUT2D eigenvalue weighted by molar-refractivity contribution is 7.14. The maximum absolute atomic E-state index is 11.2. The Balaban J connectivity index is 2.52. The summed E-state index contributed by atoms with van der Waals surface area (Å²) in [4.78, 5) is 11.2. The van der Waals surface area contributed by atoms with Crippen LogP contribution in [0.5, 0.6) is 5.19 Å². The van der Waals surface area contributed by atoms with E-state index in [9.17, 15) is 4.79 Å². The number of hydrogen-bond donors (Lipinski definition) is 0. The van der Waals surface area contributed by atoms with Crippen LogP contribution in [0.15, 0.2) is 12.2 Å². The lowest BCUT2D eigenvalue weighted by molar-refractivity contribution is 0.0525. The molecule has 0 unspecified atom stereocenters. The number of allylic oxidation sites excluding steroid dienone is 1. The number of carbonyl (C=O) groups is 1. The number of nitrogens with zero attached hydrogens (tertiary/aromatic N) is 2. The number of hydrogen-bond acceptors (Lipinski definition) is 6. The fourth-order valence-electron chi connectivity index (χ4n) is 0.759. The van der Waals surface area contributed by atoms with E-state index >= 15 is 0 Å². The molecule has 5 nitrogen and oxygen atoms in total. The van der Waals surface area contributed by atoms with Crippen molar-refractivity contribution >= 4 is 17.3 Å². The van der Waals surface area contributed by atoms with E-state index in [-0.39, 0.29) is 5.01 Å². The molecule has 15 heavy (non-hydrogen) atoms. The van der Waals surface area contributed by atoms with Crippen molar-refractivity contribution in [3.05, 3.63) is 17.2 Å². The molecule has 0 saturated heterocycles. The monoisotopic (exact) mass is 228 g/mol. The van der Waals surface area contributed by atoms with E-state index in [2.05, 4.69) is 10.2 Å². The van der Waals surface area contributed by atoms with Gasteiger partial charge in [0.15, 0.2) is 0 Å². The van der Waals surface area contributed by atoms with Gasteiger partial charge in [-0.2, -0.15) is 0 Å². The predicted octanol–water partition coefficient (Wildman–Crippen LogP) is 1.67. The lowest BCUT2D eigenvalue weighted by Crippen LogP contribution is -2.03. The Morgan fingerprint density at radius 2 is 2.33 bits per heavy atom. The van der Waals surface area contributed by atoms with Crippen LogP contribution >= 0.6 is 11.3 Å². The molecule has 1 rings (SSSR count). The molecule has 1 heterocycles. The first-order chi connectivity index (χ1) is 7.27. The SMILES string of the molecule is C/C=C/COc1nnc(C(=O)OCC)s1. The minimum absolute atomic E-state index is 0.215. The number of rotatable bonds is 5. The third-order valence-electron chi connectivity index (χ3n) is 1.40. The molecule has 1 aromatic rings. The zero-order valence-corrected chi connectivity index (χ0v) is 9.41. The summed E-state index contributed by atoms with van der Waals surface area (Å²) >= 11 is 1.08. The van der Waals surface area contributed by atoms with Gasteiger partial charge in [-0.1, -0.05) is 17.3 Å². The maximum atomic E-state index is 11.2. The first-order valence-corrected chi connectivity index (χ1v) is 5.34. The Hall–Kier alpha value is -1.43. The minimum atomic E-state index is -0.462. The van der Waals surface area contributed by atoms with Gasteiger partial charge in [-0.15, -0.1) is 5.10 Å². The second-order valence-electron chi connectivity index (χ2n) is 2.47. The van der Waals surface area contributed by atoms with Crippen LogP contribution in [0.3, 0.4) is 0 Å². The highest BCUT2D eigenvalue weighted by atomic mass is 32.1. The van der Waals surface area contributed by atoms with Crippen LogP contribution in [0.1, 0.15) is 23.6 Å². The molecule has 0 aliphatic rings. The quantitative estimate of drug-likeness (QED) is 0.566. The average molecular weight is 228 g/mol. The summed E-state index contributed by atoms with van der Waals surface area (Å²) in [6, 6.07) is 0. The molecule has 0 saturated carbocycles. The first-order valence-electron chi connectivity index (χ1n) is 4.52. The third kappa shape index (κ3) is 3.67. The zero-order chi connectivity index (χ0) is 11.1. The predicted molar refractivity (Wildman–Crippen MR) is 56.2 cm³/mol. The van der Waals surface area contributed by atoms with Gasteiger partial charge in [0.1, 0.15) is 6.61 Å². The van der Waals surface area contributed by atoms with Crippen molar-refractivity contribution < 1.29 is 14.3 Å². The van der Waals surface area contributed by atoms with Crippen LogP contribution in [0.4, 0.5) is 0 Å². The zero-order valence-electron chi connectivity index (χ0n) is 8.60. The number of aromatic nitrogens is 2. The Bertz CT molecular complexity index is 349. The molecular weight excluding hydrogens is 216 g/mol. The first kappa shape index (κ1) is 11.6. The standard InChI is InChI=1S/C9H12N2O3S/c1-3-5-6-14-9-11-10-7(15-9)8(12)13-4-2/h3,5H,4,6H2,1-2H3/b5-3+. The molecule has 0 aliphatic carbocycles. The van der Waals surface area contributed by atoms with Crippen molar-refractivity contribution in [2.75, 3.05) is 13.2 Å². The molecule has 0 fully saturated rings. The van der Waals surface area contributed by atoms with Gasteiger partial charge in [-0.05, 0) is 25.2 Å². The van der Waals surface area contributed by atoms with Crippen LogP contribution in [0, 0.1) is 0 Å². The molecule has 0 N–H and O–H groups in total. The number of ether oxygens (including phenoxy) is 2. The largest absolute Gasteiger partial charge is 0.465 e. The van der Waals surface area contributed by atoms with Crippen molar-refractivity contribution in [1.82, 2.24) is 10.2 Å². The normalized spacial score (nSPS) is 10.5. The van der Waals surface area contributed by atoms with Crippen molar-refractivity contribution in [2.45, 2.75) is 13.8 Å². The minimum Gasteiger partial charge on any atom is -0.465 e. The van der Waals surface area contributed by atoms with Crippen LogP contribution in [0.2, 0.25) is 0 Å². The second kappa shape index (κ2) is 6.13. The van der Waals surface area contributed by atoms with E-state index in [1.54, 1.807) is 6.92 Å². The van der Waals surface area contributed by atoms with E-state index < -0.39 is 5.97 Å². The van der Waals surface area contributed by atoms with Crippen LogP contribution in [0.25, 0.3) is 0 Å². The average Bonchev–Trinajstić information content (AvgIpc) is 2.67. The Morgan fingerprint density at radius 1 is 1.53 bits per heavy atom. The Kier molecular flexibility index (Phi) is 4.76. The highest BCUT2D eigenvalue weighted by Gasteiger charge is 2.13. The van der Waals surface area contributed by atoms with E-state index in [0.29, 0.717) is 18.4 Å². The summed E-state index contributed by atoms with van der Waals surface area (Å²) in [6.07, 6.45) is 3.71. The molecule has 0 amide bonds. The summed E-state index contributed by atoms with van der Waals surface area (Å²) in [7, 11) is 0. The molecule has 82 valence electrons. The van der Waals surface area contributed by atoms with Crippen molar-refractivity contribution in [3.63, 3.8) is 0 Å². The molecular formula is C9H12N2O3S. The third-order valence-corrected chi connectivity index (χ3v) is 2.21. The van der Waals surface area contributed by atoms with Crippen molar-refractivity contribution in [2.24, 2.45) is 0 Å². The number of esters is 1. The second-order valence-corrected chi connectivity index (χ2v) is 3.41. The Labute approximate surface area is 91.7 Å². The van der Waals surface area contributed by atoms with Crippen LogP contribution in [-0.4, -0.2) is 29.4 Å².